The van der Waals surface area contributed by atoms with Crippen molar-refractivity contribution in [1.82, 2.24) is 14.9 Å². The van der Waals surface area contributed by atoms with Crippen LogP contribution in [0, 0.1) is 0 Å². The van der Waals surface area contributed by atoms with Crippen LogP contribution in [0.1, 0.15) is 43.0 Å². The van der Waals surface area contributed by atoms with E-state index in [2.05, 4.69) is 64.4 Å². The van der Waals surface area contributed by atoms with E-state index in [-0.39, 0.29) is 20.0 Å². The normalized spacial score (nSPS) is 14.8. The quantitative estimate of drug-likeness (QED) is 0.167. The molecule has 0 aromatic heterocycles. The van der Waals surface area contributed by atoms with Gasteiger partial charge in [0.1, 0.15) is 5.75 Å². The molecule has 0 aliphatic carbocycles. The molecule has 8 heteroatoms. The van der Waals surface area contributed by atoms with Gasteiger partial charge < -0.3 is 15.4 Å². The van der Waals surface area contributed by atoms with E-state index in [0.717, 1.165) is 56.3 Å². The van der Waals surface area contributed by atoms with Gasteiger partial charge in [0, 0.05) is 37.6 Å². The smallest absolute Gasteiger partial charge is 0.338 e. The molecule has 1 aliphatic rings. The topological polar surface area (TPSA) is 82.3 Å². The number of nitrogens with two attached hydrogens (primary N) is 1. The van der Waals surface area contributed by atoms with Gasteiger partial charge in [-0.25, -0.2) is 9.86 Å². The Kier molecular flexibility index (Phi) is 12.1. The van der Waals surface area contributed by atoms with Gasteiger partial charge in [-0.05, 0) is 60.3 Å². The Bertz CT molecular complexity index is 1120. The number of aryl methyl sites for hydroxylation is 1. The van der Waals surface area contributed by atoms with E-state index in [1.54, 1.807) is 0 Å². The van der Waals surface area contributed by atoms with E-state index >= 15 is 0 Å². The number of nitrogens with zero attached hydrogens (tertiary/aromatic N) is 3. The summed E-state index contributed by atoms with van der Waals surface area (Å²) in [5.74, 6) is 0.780. The van der Waals surface area contributed by atoms with Gasteiger partial charge in [-0.2, -0.15) is 0 Å². The van der Waals surface area contributed by atoms with Crippen LogP contribution < -0.4 is 10.5 Å². The van der Waals surface area contributed by atoms with E-state index < -0.39 is 6.03 Å². The molecule has 1 heterocycles. The molecule has 210 valence electrons. The van der Waals surface area contributed by atoms with Crippen molar-refractivity contribution < 1.29 is 14.7 Å². The first-order valence-electron chi connectivity index (χ1n) is 13.2. The van der Waals surface area contributed by atoms with E-state index in [1.807, 2.05) is 24.3 Å². The monoisotopic (exact) mass is 552 g/mol. The Morgan fingerprint density at radius 1 is 0.923 bits per heavy atom. The SMILES string of the molecule is C.NC(=O)N(O)CCCOc1ccc(CCCN2CCN([C@H](c3ccccc3)c3ccc(Cl)cc3)CC2)cc1. The van der Waals surface area contributed by atoms with Crippen molar-refractivity contribution in [3.05, 3.63) is 101 Å². The molecule has 2 amide bonds. The number of amides is 2. The fourth-order valence-corrected chi connectivity index (χ4v) is 5.04. The summed E-state index contributed by atoms with van der Waals surface area (Å²) in [6, 6.07) is 26.5. The molecule has 1 fully saturated rings. The third-order valence-electron chi connectivity index (χ3n) is 6.97. The standard InChI is InChI=1S/C30H37ClN4O3.CH4/c31-27-13-11-26(12-14-27)29(25-7-2-1-3-8-25)34-21-19-33(20-22-34)17-4-6-24-9-15-28(16-10-24)38-23-5-18-35(37)30(32)36;/h1-3,7-16,29,37H,4-6,17-23H2,(H2,32,36);1H4/t29-;/m1./s1. The summed E-state index contributed by atoms with van der Waals surface area (Å²) < 4.78 is 5.68. The Morgan fingerprint density at radius 3 is 2.21 bits per heavy atom. The highest BCUT2D eigenvalue weighted by atomic mass is 35.5. The van der Waals surface area contributed by atoms with E-state index in [1.165, 1.54) is 16.7 Å². The second kappa shape index (κ2) is 15.5. The molecule has 3 aromatic rings. The lowest BCUT2D eigenvalue weighted by Gasteiger charge is -2.40. The van der Waals surface area contributed by atoms with Crippen LogP contribution in [0.5, 0.6) is 5.75 Å². The molecule has 39 heavy (non-hydrogen) atoms. The maximum atomic E-state index is 10.8. The number of carbonyl (C=O) groups excluding carboxylic acids is 1. The summed E-state index contributed by atoms with van der Waals surface area (Å²) in [5, 5.41) is 10.5. The lowest BCUT2D eigenvalue weighted by Crippen LogP contribution is -2.48. The molecule has 1 saturated heterocycles. The Balaban J connectivity index is 0.00000420. The summed E-state index contributed by atoms with van der Waals surface area (Å²) in [5.41, 5.74) is 8.87. The third-order valence-corrected chi connectivity index (χ3v) is 7.23. The van der Waals surface area contributed by atoms with Crippen LogP contribution in [-0.2, 0) is 6.42 Å². The lowest BCUT2D eigenvalue weighted by atomic mass is 9.96. The average molecular weight is 553 g/mol. The number of ether oxygens (including phenoxy) is 1. The number of benzene rings is 3. The first-order chi connectivity index (χ1) is 18.5. The molecule has 0 spiro atoms. The summed E-state index contributed by atoms with van der Waals surface area (Å²) in [6.07, 6.45) is 2.63. The highest BCUT2D eigenvalue weighted by Gasteiger charge is 2.26. The van der Waals surface area contributed by atoms with Crippen LogP contribution >= 0.6 is 11.6 Å². The highest BCUT2D eigenvalue weighted by Crippen LogP contribution is 2.30. The first-order valence-corrected chi connectivity index (χ1v) is 13.6. The van der Waals surface area contributed by atoms with Crippen LogP contribution in [0.3, 0.4) is 0 Å². The van der Waals surface area contributed by atoms with Gasteiger partial charge >= 0.3 is 6.03 Å². The molecule has 0 unspecified atom stereocenters. The molecule has 4 rings (SSSR count). The number of urea groups is 1. The van der Waals surface area contributed by atoms with E-state index in [9.17, 15) is 10.0 Å². The van der Waals surface area contributed by atoms with Gasteiger partial charge in [-0.15, -0.1) is 0 Å². The van der Waals surface area contributed by atoms with E-state index in [4.69, 9.17) is 22.1 Å². The average Bonchev–Trinajstić information content (AvgIpc) is 2.94. The molecule has 0 saturated carbocycles. The summed E-state index contributed by atoms with van der Waals surface area (Å²) in [6.45, 7) is 5.81. The van der Waals surface area contributed by atoms with Crippen molar-refractivity contribution in [2.75, 3.05) is 45.9 Å². The summed E-state index contributed by atoms with van der Waals surface area (Å²) >= 11 is 6.16. The minimum atomic E-state index is -0.856. The van der Waals surface area contributed by atoms with Gasteiger partial charge in [0.15, 0.2) is 0 Å². The van der Waals surface area contributed by atoms with Gasteiger partial charge in [-0.3, -0.25) is 10.1 Å². The molecule has 7 nitrogen and oxygen atoms in total. The number of primary amides is 1. The Morgan fingerprint density at radius 2 is 1.56 bits per heavy atom. The van der Waals surface area contributed by atoms with Gasteiger partial charge in [0.2, 0.25) is 0 Å². The second-order valence-electron chi connectivity index (χ2n) is 9.65. The zero-order chi connectivity index (χ0) is 26.7. The molecule has 1 aliphatic heterocycles. The van der Waals surface area contributed by atoms with Crippen LogP contribution in [0.25, 0.3) is 0 Å². The zero-order valence-corrected chi connectivity index (χ0v) is 22.5. The number of rotatable bonds is 12. The zero-order valence-electron chi connectivity index (χ0n) is 21.7. The van der Waals surface area contributed by atoms with Crippen molar-refractivity contribution >= 4 is 17.6 Å². The van der Waals surface area contributed by atoms with Crippen molar-refractivity contribution in [3.63, 3.8) is 0 Å². The number of hydroxylamine groups is 2. The van der Waals surface area contributed by atoms with Crippen molar-refractivity contribution in [2.45, 2.75) is 32.7 Å². The van der Waals surface area contributed by atoms with Crippen molar-refractivity contribution in [1.29, 1.82) is 0 Å². The molecular formula is C31H41ClN4O3. The number of hydrogen-bond acceptors (Lipinski definition) is 5. The maximum absolute atomic E-state index is 10.8. The molecule has 1 atom stereocenters. The highest BCUT2D eigenvalue weighted by molar-refractivity contribution is 6.30. The van der Waals surface area contributed by atoms with E-state index in [0.29, 0.717) is 18.1 Å². The fourth-order valence-electron chi connectivity index (χ4n) is 4.91. The fraction of sp³-hybridized carbons (Fsp3) is 0.387. The third kappa shape index (κ3) is 9.25. The van der Waals surface area contributed by atoms with Crippen molar-refractivity contribution in [3.8, 4) is 5.75 Å². The Labute approximate surface area is 237 Å². The van der Waals surface area contributed by atoms with Crippen LogP contribution in [0.4, 0.5) is 4.79 Å². The molecule has 3 aromatic carbocycles. The first kappa shape index (κ1) is 30.4. The molecule has 3 N–H and O–H groups in total. The number of carbonyl (C=O) groups is 1. The van der Waals surface area contributed by atoms with Crippen molar-refractivity contribution in [2.24, 2.45) is 5.73 Å². The van der Waals surface area contributed by atoms with Crippen LogP contribution in [0.2, 0.25) is 5.02 Å². The number of hydrogen-bond donors (Lipinski definition) is 2. The van der Waals surface area contributed by atoms with Gasteiger partial charge in [-0.1, -0.05) is 73.6 Å². The van der Waals surface area contributed by atoms with Gasteiger partial charge in [0.05, 0.1) is 19.2 Å². The maximum Gasteiger partial charge on any atom is 0.338 e. The summed E-state index contributed by atoms with van der Waals surface area (Å²) in [7, 11) is 0. The number of piperazine rings is 1. The minimum Gasteiger partial charge on any atom is -0.494 e. The van der Waals surface area contributed by atoms with Crippen LogP contribution in [-0.4, -0.2) is 72.0 Å². The number of halogens is 1. The molecule has 0 radical (unpaired) electrons. The molecule has 0 bridgehead atoms. The largest absolute Gasteiger partial charge is 0.494 e. The second-order valence-corrected chi connectivity index (χ2v) is 10.1. The van der Waals surface area contributed by atoms with Crippen LogP contribution in [0.15, 0.2) is 78.9 Å². The Hall–Kier alpha value is -3.10. The van der Waals surface area contributed by atoms with Gasteiger partial charge in [0.25, 0.3) is 0 Å². The molecular weight excluding hydrogens is 512 g/mol. The minimum absolute atomic E-state index is 0. The lowest BCUT2D eigenvalue weighted by molar-refractivity contribution is -0.0418. The predicted octanol–water partition coefficient (Wildman–Crippen LogP) is 5.85. The predicted molar refractivity (Wildman–Crippen MR) is 157 cm³/mol. The summed E-state index contributed by atoms with van der Waals surface area (Å²) in [4.78, 5) is 15.9.